The van der Waals surface area contributed by atoms with Gasteiger partial charge in [0.25, 0.3) is 0 Å². The summed E-state index contributed by atoms with van der Waals surface area (Å²) in [4.78, 5) is 0. The average Bonchev–Trinajstić information content (AvgIpc) is 3.28. The van der Waals surface area contributed by atoms with Gasteiger partial charge in [-0.1, -0.05) is 40.2 Å². The van der Waals surface area contributed by atoms with Crippen molar-refractivity contribution in [3.63, 3.8) is 0 Å². The van der Waals surface area contributed by atoms with Gasteiger partial charge in [-0.2, -0.15) is 0 Å². The predicted octanol–water partition coefficient (Wildman–Crippen LogP) is 5.58. The number of fused-ring (bicyclic) bond motifs is 7. The van der Waals surface area contributed by atoms with Gasteiger partial charge in [0.1, 0.15) is 0 Å². The molecule has 5 saturated carbocycles. The highest BCUT2D eigenvalue weighted by molar-refractivity contribution is 5.17. The lowest BCUT2D eigenvalue weighted by molar-refractivity contribution is -0.235. The van der Waals surface area contributed by atoms with Gasteiger partial charge < -0.3 is 20.4 Å². The van der Waals surface area contributed by atoms with Gasteiger partial charge >= 0.3 is 0 Å². The van der Waals surface area contributed by atoms with Gasteiger partial charge in [0.2, 0.25) is 0 Å². The number of aliphatic hydroxyl groups excluding tert-OH is 4. The molecule has 198 valence electrons. The maximum absolute atomic E-state index is 10.6. The summed E-state index contributed by atoms with van der Waals surface area (Å²) < 4.78 is 0. The van der Waals surface area contributed by atoms with Crippen LogP contribution in [0.3, 0.4) is 0 Å². The monoisotopic (exact) mass is 478 g/mol. The SMILES string of the molecule is C=CCO.CC1C(O)CCC2(C)C1CCC1(C)C2CCC2C3CCCC3(CO)CC[C@]21C.CO. The molecule has 4 heteroatoms. The maximum atomic E-state index is 10.6. The van der Waals surface area contributed by atoms with E-state index in [1.165, 1.54) is 70.3 Å². The molecular formula is C30H54O4. The Labute approximate surface area is 209 Å². The summed E-state index contributed by atoms with van der Waals surface area (Å²) in [6.45, 7) is 14.0. The zero-order chi connectivity index (χ0) is 25.4. The lowest BCUT2D eigenvalue weighted by Gasteiger charge is -2.71. The van der Waals surface area contributed by atoms with Crippen molar-refractivity contribution in [2.75, 3.05) is 20.3 Å². The molecule has 0 spiro atoms. The van der Waals surface area contributed by atoms with Crippen molar-refractivity contribution in [1.29, 1.82) is 0 Å². The van der Waals surface area contributed by atoms with Crippen molar-refractivity contribution < 1.29 is 20.4 Å². The molecule has 0 amide bonds. The van der Waals surface area contributed by atoms with Crippen LogP contribution >= 0.6 is 0 Å². The van der Waals surface area contributed by atoms with Crippen molar-refractivity contribution in [1.82, 2.24) is 0 Å². The number of hydrogen-bond donors (Lipinski definition) is 4. The molecular weight excluding hydrogens is 424 g/mol. The topological polar surface area (TPSA) is 80.9 Å². The molecule has 0 heterocycles. The standard InChI is InChI=1S/C26H44O2.C3H6O.CH4O/c1-17-18-9-13-25(4)22(23(18,2)12-10-21(17)28)8-7-19-20-6-5-11-26(20,16-27)15-14-24(19,25)3;1-2-3-4;1-2/h17-22,27-28H,5-16H2,1-4H3;2,4H,1,3H2;2H,1H3/t17?,18?,19?,20?,21?,22?,23?,24-,25?,26?;;/m1../s1. The molecule has 0 aromatic rings. The van der Waals surface area contributed by atoms with Gasteiger partial charge in [0.05, 0.1) is 12.7 Å². The number of aliphatic hydroxyl groups is 4. The van der Waals surface area contributed by atoms with Gasteiger partial charge in [-0.25, -0.2) is 0 Å². The average molecular weight is 479 g/mol. The first-order valence-corrected chi connectivity index (χ1v) is 14.1. The molecule has 9 unspecified atom stereocenters. The lowest BCUT2D eigenvalue weighted by Crippen LogP contribution is -2.65. The molecule has 5 aliphatic rings. The fourth-order valence-electron chi connectivity index (χ4n) is 10.6. The highest BCUT2D eigenvalue weighted by Gasteiger charge is 2.68. The first kappa shape index (κ1) is 28.2. The van der Waals surface area contributed by atoms with Crippen molar-refractivity contribution in [3.05, 3.63) is 12.7 Å². The van der Waals surface area contributed by atoms with Crippen molar-refractivity contribution in [2.24, 2.45) is 51.2 Å². The van der Waals surface area contributed by atoms with Gasteiger partial charge in [0, 0.05) is 13.7 Å². The molecule has 5 fully saturated rings. The zero-order valence-corrected chi connectivity index (χ0v) is 22.7. The van der Waals surface area contributed by atoms with Crippen LogP contribution in [-0.2, 0) is 0 Å². The molecule has 5 aliphatic carbocycles. The van der Waals surface area contributed by atoms with Crippen LogP contribution in [0.4, 0.5) is 0 Å². The summed E-state index contributed by atoms with van der Waals surface area (Å²) in [5, 5.41) is 35.7. The van der Waals surface area contributed by atoms with Crippen LogP contribution in [-0.4, -0.2) is 46.9 Å². The molecule has 0 aromatic heterocycles. The van der Waals surface area contributed by atoms with E-state index in [1.54, 1.807) is 0 Å². The summed E-state index contributed by atoms with van der Waals surface area (Å²) >= 11 is 0. The summed E-state index contributed by atoms with van der Waals surface area (Å²) in [6.07, 6.45) is 15.6. The van der Waals surface area contributed by atoms with E-state index in [0.717, 1.165) is 31.3 Å². The summed E-state index contributed by atoms with van der Waals surface area (Å²) in [6, 6.07) is 0. The normalized spacial score (nSPS) is 51.2. The molecule has 4 N–H and O–H groups in total. The first-order valence-electron chi connectivity index (χ1n) is 14.1. The molecule has 0 radical (unpaired) electrons. The van der Waals surface area contributed by atoms with E-state index in [-0.39, 0.29) is 18.1 Å². The van der Waals surface area contributed by atoms with Gasteiger partial charge in [-0.3, -0.25) is 0 Å². The second-order valence-electron chi connectivity index (χ2n) is 13.2. The molecule has 0 bridgehead atoms. The van der Waals surface area contributed by atoms with E-state index in [9.17, 15) is 10.2 Å². The third-order valence-corrected chi connectivity index (χ3v) is 12.5. The Morgan fingerprint density at radius 1 is 0.794 bits per heavy atom. The highest BCUT2D eigenvalue weighted by Crippen LogP contribution is 2.75. The Balaban J connectivity index is 0.000000492. The largest absolute Gasteiger partial charge is 0.400 e. The molecule has 34 heavy (non-hydrogen) atoms. The van der Waals surface area contributed by atoms with Crippen LogP contribution in [0.15, 0.2) is 12.7 Å². The minimum Gasteiger partial charge on any atom is -0.400 e. The van der Waals surface area contributed by atoms with E-state index in [0.29, 0.717) is 34.7 Å². The first-order chi connectivity index (χ1) is 16.1. The van der Waals surface area contributed by atoms with E-state index < -0.39 is 0 Å². The van der Waals surface area contributed by atoms with E-state index in [1.807, 2.05) is 0 Å². The van der Waals surface area contributed by atoms with Crippen molar-refractivity contribution in [2.45, 2.75) is 104 Å². The fraction of sp³-hybridized carbons (Fsp3) is 0.933. The van der Waals surface area contributed by atoms with E-state index in [4.69, 9.17) is 10.2 Å². The highest BCUT2D eigenvalue weighted by atomic mass is 16.3. The number of hydrogen-bond acceptors (Lipinski definition) is 4. The second-order valence-corrected chi connectivity index (χ2v) is 13.2. The van der Waals surface area contributed by atoms with Crippen LogP contribution in [0.2, 0.25) is 0 Å². The molecule has 0 saturated heterocycles. The van der Waals surface area contributed by atoms with Crippen LogP contribution in [0.5, 0.6) is 0 Å². The Morgan fingerprint density at radius 2 is 1.47 bits per heavy atom. The zero-order valence-electron chi connectivity index (χ0n) is 22.7. The Kier molecular flexibility index (Phi) is 8.71. The van der Waals surface area contributed by atoms with Crippen LogP contribution in [0.1, 0.15) is 98.3 Å². The van der Waals surface area contributed by atoms with Crippen molar-refractivity contribution in [3.8, 4) is 0 Å². The lowest BCUT2D eigenvalue weighted by atomic mass is 9.33. The summed E-state index contributed by atoms with van der Waals surface area (Å²) in [5.74, 6) is 3.59. The molecule has 10 atom stereocenters. The quantitative estimate of drug-likeness (QED) is 0.391. The molecule has 5 rings (SSSR count). The van der Waals surface area contributed by atoms with Gasteiger partial charge in [-0.15, -0.1) is 6.58 Å². The molecule has 0 aromatic carbocycles. The third-order valence-electron chi connectivity index (χ3n) is 12.5. The number of rotatable bonds is 2. The van der Waals surface area contributed by atoms with Crippen LogP contribution < -0.4 is 0 Å². The molecule has 4 nitrogen and oxygen atoms in total. The minimum absolute atomic E-state index is 0.0762. The smallest absolute Gasteiger partial charge is 0.0609 e. The van der Waals surface area contributed by atoms with E-state index in [2.05, 4.69) is 34.3 Å². The minimum atomic E-state index is -0.0762. The van der Waals surface area contributed by atoms with E-state index >= 15 is 0 Å². The van der Waals surface area contributed by atoms with Crippen molar-refractivity contribution >= 4 is 0 Å². The summed E-state index contributed by atoms with van der Waals surface area (Å²) in [7, 11) is 1.00. The van der Waals surface area contributed by atoms with Gasteiger partial charge in [0.15, 0.2) is 0 Å². The third kappa shape index (κ3) is 4.03. The van der Waals surface area contributed by atoms with Crippen LogP contribution in [0, 0.1) is 51.2 Å². The second kappa shape index (κ2) is 10.5. The van der Waals surface area contributed by atoms with Crippen LogP contribution in [0.25, 0.3) is 0 Å². The molecule has 0 aliphatic heterocycles. The Hall–Kier alpha value is -0.420. The fourth-order valence-corrected chi connectivity index (χ4v) is 10.6. The Bertz CT molecular complexity index is 695. The predicted molar refractivity (Wildman–Crippen MR) is 139 cm³/mol. The maximum Gasteiger partial charge on any atom is 0.0609 e. The summed E-state index contributed by atoms with van der Waals surface area (Å²) in [5.41, 5.74) is 1.56. The van der Waals surface area contributed by atoms with Gasteiger partial charge in [-0.05, 0) is 115 Å². The Morgan fingerprint density at radius 3 is 2.09 bits per heavy atom.